The molecule has 0 aliphatic rings. The van der Waals surface area contributed by atoms with Crippen LogP contribution in [0.2, 0.25) is 5.02 Å². The van der Waals surface area contributed by atoms with Gasteiger partial charge < -0.3 is 5.73 Å². The van der Waals surface area contributed by atoms with E-state index in [1.165, 1.54) is 6.07 Å². The summed E-state index contributed by atoms with van der Waals surface area (Å²) in [4.78, 5) is 0. The molecule has 0 radical (unpaired) electrons. The maximum atomic E-state index is 13.2. The average molecular weight is 296 g/mol. The molecule has 20 heavy (non-hydrogen) atoms. The Kier molecular flexibility index (Phi) is 4.41. The molecule has 0 saturated carbocycles. The predicted octanol–water partition coefficient (Wildman–Crippen LogP) is 4.48. The van der Waals surface area contributed by atoms with Gasteiger partial charge in [0.15, 0.2) is 11.6 Å². The molecule has 4 heteroatoms. The smallest absolute Gasteiger partial charge is 0.159 e. The fourth-order valence-corrected chi connectivity index (χ4v) is 2.45. The third-order valence-electron chi connectivity index (χ3n) is 3.39. The molecule has 0 saturated heterocycles. The summed E-state index contributed by atoms with van der Waals surface area (Å²) in [5.74, 6) is -1.69. The van der Waals surface area contributed by atoms with Crippen molar-refractivity contribution in [1.29, 1.82) is 0 Å². The van der Waals surface area contributed by atoms with Gasteiger partial charge in [-0.15, -0.1) is 0 Å². The van der Waals surface area contributed by atoms with Crippen molar-refractivity contribution in [1.82, 2.24) is 0 Å². The van der Waals surface area contributed by atoms with Crippen LogP contribution < -0.4 is 5.73 Å². The van der Waals surface area contributed by atoms with Crippen LogP contribution in [0, 0.1) is 25.5 Å². The molecule has 1 atom stereocenters. The van der Waals surface area contributed by atoms with E-state index in [0.717, 1.165) is 22.8 Å². The van der Waals surface area contributed by atoms with Crippen molar-refractivity contribution < 1.29 is 8.78 Å². The van der Waals surface area contributed by atoms with Gasteiger partial charge in [-0.25, -0.2) is 8.78 Å². The van der Waals surface area contributed by atoms with Crippen molar-refractivity contribution in [2.24, 2.45) is 5.73 Å². The zero-order chi connectivity index (χ0) is 14.9. The quantitative estimate of drug-likeness (QED) is 0.888. The van der Waals surface area contributed by atoms with Crippen molar-refractivity contribution in [3.8, 4) is 0 Å². The number of nitrogens with two attached hydrogens (primary N) is 1. The number of hydrogen-bond acceptors (Lipinski definition) is 1. The van der Waals surface area contributed by atoms with E-state index < -0.39 is 11.6 Å². The minimum atomic E-state index is -0.848. The molecular weight excluding hydrogens is 280 g/mol. The molecule has 0 fully saturated rings. The Hall–Kier alpha value is -1.45. The van der Waals surface area contributed by atoms with Gasteiger partial charge in [-0.1, -0.05) is 23.7 Å². The molecular formula is C16H16ClF2N. The molecule has 0 bridgehead atoms. The maximum absolute atomic E-state index is 13.2. The van der Waals surface area contributed by atoms with Crippen molar-refractivity contribution >= 4 is 11.6 Å². The van der Waals surface area contributed by atoms with E-state index >= 15 is 0 Å². The number of aryl methyl sites for hydroxylation is 2. The van der Waals surface area contributed by atoms with Crippen molar-refractivity contribution in [2.75, 3.05) is 0 Å². The zero-order valence-corrected chi connectivity index (χ0v) is 12.1. The number of hydrogen-bond donors (Lipinski definition) is 1. The molecule has 0 spiro atoms. The lowest BCUT2D eigenvalue weighted by Gasteiger charge is -2.16. The summed E-state index contributed by atoms with van der Waals surface area (Å²) in [7, 11) is 0. The highest BCUT2D eigenvalue weighted by molar-refractivity contribution is 6.31. The Morgan fingerprint density at radius 2 is 1.75 bits per heavy atom. The Bertz CT molecular complexity index is 641. The minimum absolute atomic E-state index is 0.282. The Morgan fingerprint density at radius 1 is 1.05 bits per heavy atom. The third kappa shape index (κ3) is 3.17. The Labute approximate surface area is 122 Å². The van der Waals surface area contributed by atoms with Gasteiger partial charge in [0.25, 0.3) is 0 Å². The first-order valence-corrected chi connectivity index (χ1v) is 6.72. The van der Waals surface area contributed by atoms with Gasteiger partial charge in [0, 0.05) is 11.1 Å². The van der Waals surface area contributed by atoms with Crippen LogP contribution in [0.15, 0.2) is 30.3 Å². The number of rotatable bonds is 3. The largest absolute Gasteiger partial charge is 0.324 e. The molecule has 1 unspecified atom stereocenters. The van der Waals surface area contributed by atoms with Crippen LogP contribution >= 0.6 is 11.6 Å². The Balaban J connectivity index is 2.25. The summed E-state index contributed by atoms with van der Waals surface area (Å²) >= 11 is 6.06. The van der Waals surface area contributed by atoms with Gasteiger partial charge in [0.1, 0.15) is 0 Å². The van der Waals surface area contributed by atoms with Gasteiger partial charge in [0.05, 0.1) is 0 Å². The molecule has 2 aromatic rings. The lowest BCUT2D eigenvalue weighted by molar-refractivity contribution is 0.506. The second-order valence-electron chi connectivity index (χ2n) is 5.02. The van der Waals surface area contributed by atoms with Crippen LogP contribution in [0.3, 0.4) is 0 Å². The van der Waals surface area contributed by atoms with E-state index in [9.17, 15) is 8.78 Å². The summed E-state index contributed by atoms with van der Waals surface area (Å²) in [6, 6.07) is 7.40. The predicted molar refractivity (Wildman–Crippen MR) is 77.9 cm³/mol. The summed E-state index contributed by atoms with van der Waals surface area (Å²) in [5, 5.41) is 0.700. The second kappa shape index (κ2) is 5.90. The SMILES string of the molecule is Cc1cc(C(N)Cc2ccc(F)c(F)c2)c(C)cc1Cl. The number of benzene rings is 2. The molecule has 106 valence electrons. The van der Waals surface area contributed by atoms with Crippen LogP contribution in [0.25, 0.3) is 0 Å². The molecule has 0 heterocycles. The van der Waals surface area contributed by atoms with E-state index in [-0.39, 0.29) is 6.04 Å². The van der Waals surface area contributed by atoms with E-state index in [2.05, 4.69) is 0 Å². The van der Waals surface area contributed by atoms with Crippen LogP contribution in [-0.4, -0.2) is 0 Å². The molecule has 2 N–H and O–H groups in total. The van der Waals surface area contributed by atoms with Crippen molar-refractivity contribution in [3.63, 3.8) is 0 Å². The van der Waals surface area contributed by atoms with Crippen LogP contribution in [0.5, 0.6) is 0 Å². The fourth-order valence-electron chi connectivity index (χ4n) is 2.23. The summed E-state index contributed by atoms with van der Waals surface area (Å²) < 4.78 is 26.1. The lowest BCUT2D eigenvalue weighted by Crippen LogP contribution is -2.15. The molecule has 1 nitrogen and oxygen atoms in total. The molecule has 0 aliphatic carbocycles. The highest BCUT2D eigenvalue weighted by Gasteiger charge is 2.13. The Morgan fingerprint density at radius 3 is 2.40 bits per heavy atom. The van der Waals surface area contributed by atoms with E-state index in [1.54, 1.807) is 6.07 Å². The third-order valence-corrected chi connectivity index (χ3v) is 3.79. The van der Waals surface area contributed by atoms with E-state index in [0.29, 0.717) is 17.0 Å². The standard InChI is InChI=1S/C16H16ClF2N/c1-9-6-13(17)10(2)5-12(9)16(20)8-11-3-4-14(18)15(19)7-11/h3-7,16H,8,20H2,1-2H3. The van der Waals surface area contributed by atoms with E-state index in [4.69, 9.17) is 17.3 Å². The van der Waals surface area contributed by atoms with Crippen molar-refractivity contribution in [2.45, 2.75) is 26.3 Å². The minimum Gasteiger partial charge on any atom is -0.324 e. The lowest BCUT2D eigenvalue weighted by atomic mass is 9.94. The first kappa shape index (κ1) is 14.9. The highest BCUT2D eigenvalue weighted by atomic mass is 35.5. The first-order chi connectivity index (χ1) is 9.38. The normalized spacial score (nSPS) is 12.5. The molecule has 0 aliphatic heterocycles. The summed E-state index contributed by atoms with van der Waals surface area (Å²) in [5.41, 5.74) is 9.76. The van der Waals surface area contributed by atoms with Gasteiger partial charge in [0.2, 0.25) is 0 Å². The highest BCUT2D eigenvalue weighted by Crippen LogP contribution is 2.26. The van der Waals surface area contributed by atoms with E-state index in [1.807, 2.05) is 26.0 Å². The average Bonchev–Trinajstić information content (AvgIpc) is 2.38. The van der Waals surface area contributed by atoms with Crippen LogP contribution in [-0.2, 0) is 6.42 Å². The first-order valence-electron chi connectivity index (χ1n) is 6.34. The van der Waals surface area contributed by atoms with Gasteiger partial charge in [-0.3, -0.25) is 0 Å². The van der Waals surface area contributed by atoms with Gasteiger partial charge in [-0.2, -0.15) is 0 Å². The van der Waals surface area contributed by atoms with Crippen molar-refractivity contribution in [3.05, 3.63) is 69.2 Å². The zero-order valence-electron chi connectivity index (χ0n) is 11.4. The maximum Gasteiger partial charge on any atom is 0.159 e. The number of halogens is 3. The van der Waals surface area contributed by atoms with Gasteiger partial charge >= 0.3 is 0 Å². The molecule has 2 rings (SSSR count). The molecule has 2 aromatic carbocycles. The molecule has 0 aromatic heterocycles. The fraction of sp³-hybridized carbons (Fsp3) is 0.250. The summed E-state index contributed by atoms with van der Waals surface area (Å²) in [6.45, 7) is 3.85. The summed E-state index contributed by atoms with van der Waals surface area (Å²) in [6.07, 6.45) is 0.444. The topological polar surface area (TPSA) is 26.0 Å². The molecule has 0 amide bonds. The van der Waals surface area contributed by atoms with Gasteiger partial charge in [-0.05, 0) is 60.7 Å². The monoisotopic (exact) mass is 295 g/mol. The van der Waals surface area contributed by atoms with Crippen LogP contribution in [0.4, 0.5) is 8.78 Å². The second-order valence-corrected chi connectivity index (χ2v) is 5.42. The van der Waals surface area contributed by atoms with Crippen LogP contribution in [0.1, 0.15) is 28.3 Å².